The molecule has 0 heterocycles. The van der Waals surface area contributed by atoms with E-state index >= 15 is 0 Å². The van der Waals surface area contributed by atoms with Gasteiger partial charge in [0.15, 0.2) is 0 Å². The maximum Gasteiger partial charge on any atom is 0.240 e. The van der Waals surface area contributed by atoms with E-state index in [-0.39, 0.29) is 29.3 Å². The average Bonchev–Trinajstić information content (AvgIpc) is 3.22. The molecule has 1 aromatic carbocycles. The second kappa shape index (κ2) is 6.55. The van der Waals surface area contributed by atoms with Crippen molar-refractivity contribution in [3.05, 3.63) is 24.3 Å². The maximum atomic E-state index is 12.1. The molecule has 1 fully saturated rings. The van der Waals surface area contributed by atoms with E-state index in [4.69, 9.17) is 5.73 Å². The van der Waals surface area contributed by atoms with Crippen LogP contribution in [0.2, 0.25) is 0 Å². The van der Waals surface area contributed by atoms with Crippen molar-refractivity contribution < 1.29 is 13.2 Å². The molecule has 1 atom stereocenters. The summed E-state index contributed by atoms with van der Waals surface area (Å²) in [4.78, 5) is 11.9. The third kappa shape index (κ3) is 4.80. The van der Waals surface area contributed by atoms with Gasteiger partial charge in [-0.2, -0.15) is 0 Å². The van der Waals surface area contributed by atoms with E-state index in [0.29, 0.717) is 12.1 Å². The molecule has 0 aromatic heterocycles. The summed E-state index contributed by atoms with van der Waals surface area (Å²) in [5.74, 6) is -0.214. The van der Waals surface area contributed by atoms with Crippen LogP contribution in [-0.4, -0.2) is 26.4 Å². The Morgan fingerprint density at radius 3 is 2.76 bits per heavy atom. The molecule has 7 heteroatoms. The number of anilines is 1. The highest BCUT2D eigenvalue weighted by molar-refractivity contribution is 7.89. The molecular formula is C14H21N3O3S. The topological polar surface area (TPSA) is 101 Å². The Bertz CT molecular complexity index is 612. The quantitative estimate of drug-likeness (QED) is 0.704. The van der Waals surface area contributed by atoms with E-state index in [1.165, 1.54) is 12.1 Å². The Balaban J connectivity index is 2.05. The van der Waals surface area contributed by atoms with Crippen LogP contribution in [0.3, 0.4) is 0 Å². The van der Waals surface area contributed by atoms with Crippen LogP contribution in [0.25, 0.3) is 0 Å². The zero-order valence-corrected chi connectivity index (χ0v) is 12.8. The number of carbonyl (C=O) groups is 1. The molecule has 0 aliphatic heterocycles. The van der Waals surface area contributed by atoms with E-state index in [2.05, 4.69) is 10.0 Å². The molecule has 1 aliphatic rings. The lowest BCUT2D eigenvalue weighted by Gasteiger charge is -2.11. The fourth-order valence-electron chi connectivity index (χ4n) is 1.82. The Labute approximate surface area is 125 Å². The second-order valence-corrected chi connectivity index (χ2v) is 7.06. The predicted molar refractivity (Wildman–Crippen MR) is 81.3 cm³/mol. The number of benzene rings is 1. The molecule has 6 nitrogen and oxygen atoms in total. The Kier molecular flexibility index (Phi) is 4.97. The third-order valence-corrected chi connectivity index (χ3v) is 4.82. The van der Waals surface area contributed by atoms with E-state index in [0.717, 1.165) is 12.8 Å². The zero-order chi connectivity index (χ0) is 15.5. The van der Waals surface area contributed by atoms with E-state index < -0.39 is 10.0 Å². The number of amides is 1. The average molecular weight is 311 g/mol. The van der Waals surface area contributed by atoms with Crippen LogP contribution in [-0.2, 0) is 14.8 Å². The van der Waals surface area contributed by atoms with Crippen molar-refractivity contribution in [2.75, 3.05) is 5.32 Å². The fraction of sp³-hybridized carbons (Fsp3) is 0.500. The number of nitrogens with two attached hydrogens (primary N) is 1. The van der Waals surface area contributed by atoms with Crippen molar-refractivity contribution in [2.45, 2.75) is 49.6 Å². The Morgan fingerprint density at radius 2 is 2.14 bits per heavy atom. The molecule has 0 radical (unpaired) electrons. The van der Waals surface area contributed by atoms with Gasteiger partial charge in [0.2, 0.25) is 15.9 Å². The standard InChI is InChI=1S/C14H21N3O3S/c1-2-10(15)8-14(18)16-12-4-3-5-13(9-12)21(19,20)17-11-6-7-11/h3-5,9-11,17H,2,6-8,15H2,1H3,(H,16,18). The molecule has 0 bridgehead atoms. The van der Waals surface area contributed by atoms with E-state index in [1.54, 1.807) is 12.1 Å². The van der Waals surface area contributed by atoms with Crippen LogP contribution >= 0.6 is 0 Å². The van der Waals surface area contributed by atoms with Gasteiger partial charge in [0.25, 0.3) is 0 Å². The molecule has 1 amide bonds. The van der Waals surface area contributed by atoms with Crippen molar-refractivity contribution >= 4 is 21.6 Å². The molecule has 1 aromatic rings. The molecule has 0 saturated heterocycles. The van der Waals surface area contributed by atoms with Crippen LogP contribution in [0.5, 0.6) is 0 Å². The lowest BCUT2D eigenvalue weighted by atomic mass is 10.1. The van der Waals surface area contributed by atoms with Gasteiger partial charge >= 0.3 is 0 Å². The van der Waals surface area contributed by atoms with Gasteiger partial charge in [0.1, 0.15) is 0 Å². The number of sulfonamides is 1. The normalized spacial score (nSPS) is 16.5. The smallest absolute Gasteiger partial charge is 0.240 e. The summed E-state index contributed by atoms with van der Waals surface area (Å²) in [5.41, 5.74) is 6.18. The van der Waals surface area contributed by atoms with Crippen molar-refractivity contribution in [1.82, 2.24) is 4.72 Å². The first-order valence-electron chi connectivity index (χ1n) is 7.08. The van der Waals surface area contributed by atoms with Crippen molar-refractivity contribution in [3.63, 3.8) is 0 Å². The van der Waals surface area contributed by atoms with Crippen LogP contribution in [0.1, 0.15) is 32.6 Å². The first kappa shape index (κ1) is 15.9. The zero-order valence-electron chi connectivity index (χ0n) is 12.0. The lowest BCUT2D eigenvalue weighted by Crippen LogP contribution is -2.27. The van der Waals surface area contributed by atoms with E-state index in [9.17, 15) is 13.2 Å². The Morgan fingerprint density at radius 1 is 1.43 bits per heavy atom. The molecule has 1 saturated carbocycles. The van der Waals surface area contributed by atoms with Gasteiger partial charge in [-0.05, 0) is 37.5 Å². The van der Waals surface area contributed by atoms with Gasteiger partial charge < -0.3 is 11.1 Å². The summed E-state index contributed by atoms with van der Waals surface area (Å²) >= 11 is 0. The monoisotopic (exact) mass is 311 g/mol. The largest absolute Gasteiger partial charge is 0.327 e. The second-order valence-electron chi connectivity index (χ2n) is 5.34. The first-order chi connectivity index (χ1) is 9.90. The minimum Gasteiger partial charge on any atom is -0.327 e. The number of carbonyl (C=O) groups excluding carboxylic acids is 1. The predicted octanol–water partition coefficient (Wildman–Crippen LogP) is 1.19. The number of hydrogen-bond donors (Lipinski definition) is 3. The van der Waals surface area contributed by atoms with Gasteiger partial charge in [-0.1, -0.05) is 13.0 Å². The summed E-state index contributed by atoms with van der Waals surface area (Å²) in [6, 6.07) is 6.10. The minimum atomic E-state index is -3.51. The summed E-state index contributed by atoms with van der Waals surface area (Å²) in [6.07, 6.45) is 2.69. The van der Waals surface area contributed by atoms with E-state index in [1.807, 2.05) is 6.92 Å². The molecule has 21 heavy (non-hydrogen) atoms. The summed E-state index contributed by atoms with van der Waals surface area (Å²) in [7, 11) is -3.51. The summed E-state index contributed by atoms with van der Waals surface area (Å²) in [5, 5.41) is 2.68. The molecule has 0 spiro atoms. The number of hydrogen-bond acceptors (Lipinski definition) is 4. The number of rotatable bonds is 7. The Hall–Kier alpha value is -1.44. The lowest BCUT2D eigenvalue weighted by molar-refractivity contribution is -0.116. The summed E-state index contributed by atoms with van der Waals surface area (Å²) < 4.78 is 26.8. The van der Waals surface area contributed by atoms with Gasteiger partial charge in [0, 0.05) is 24.2 Å². The molecule has 2 rings (SSSR count). The highest BCUT2D eigenvalue weighted by Gasteiger charge is 2.28. The minimum absolute atomic E-state index is 0.0517. The van der Waals surface area contributed by atoms with Crippen LogP contribution in [0.15, 0.2) is 29.2 Å². The SMILES string of the molecule is CCC(N)CC(=O)Nc1cccc(S(=O)(=O)NC2CC2)c1. The van der Waals surface area contributed by atoms with Gasteiger partial charge in [-0.3, -0.25) is 4.79 Å². The highest BCUT2D eigenvalue weighted by Crippen LogP contribution is 2.23. The van der Waals surface area contributed by atoms with Gasteiger partial charge in [-0.15, -0.1) is 0 Å². The summed E-state index contributed by atoms with van der Waals surface area (Å²) in [6.45, 7) is 1.91. The molecule has 116 valence electrons. The number of nitrogens with one attached hydrogen (secondary N) is 2. The van der Waals surface area contributed by atoms with Crippen LogP contribution < -0.4 is 15.8 Å². The maximum absolute atomic E-state index is 12.1. The van der Waals surface area contributed by atoms with Crippen molar-refractivity contribution in [1.29, 1.82) is 0 Å². The first-order valence-corrected chi connectivity index (χ1v) is 8.57. The van der Waals surface area contributed by atoms with Crippen molar-refractivity contribution in [2.24, 2.45) is 5.73 Å². The fourth-order valence-corrected chi connectivity index (χ4v) is 3.17. The molecule has 1 aliphatic carbocycles. The van der Waals surface area contributed by atoms with Crippen LogP contribution in [0, 0.1) is 0 Å². The van der Waals surface area contributed by atoms with Crippen LogP contribution in [0.4, 0.5) is 5.69 Å². The van der Waals surface area contributed by atoms with Crippen molar-refractivity contribution in [3.8, 4) is 0 Å². The molecular weight excluding hydrogens is 290 g/mol. The van der Waals surface area contributed by atoms with Gasteiger partial charge in [-0.25, -0.2) is 13.1 Å². The molecule has 4 N–H and O–H groups in total. The highest BCUT2D eigenvalue weighted by atomic mass is 32.2. The van der Waals surface area contributed by atoms with Gasteiger partial charge in [0.05, 0.1) is 4.90 Å². The molecule has 1 unspecified atom stereocenters. The third-order valence-electron chi connectivity index (χ3n) is 3.30.